The summed E-state index contributed by atoms with van der Waals surface area (Å²) >= 11 is 0. The summed E-state index contributed by atoms with van der Waals surface area (Å²) in [5, 5.41) is 2.75. The highest BCUT2D eigenvalue weighted by Crippen LogP contribution is 2.09. The van der Waals surface area contributed by atoms with Crippen LogP contribution in [0.2, 0.25) is 0 Å². The van der Waals surface area contributed by atoms with Crippen molar-refractivity contribution in [2.45, 2.75) is 40.0 Å². The number of amides is 1. The Morgan fingerprint density at radius 1 is 1.04 bits per heavy atom. The molecule has 2 aromatic carbocycles. The molecule has 0 saturated carbocycles. The Kier molecular flexibility index (Phi) is 7.36. The minimum Gasteiger partial charge on any atom is -0.452 e. The van der Waals surface area contributed by atoms with Crippen LogP contribution in [0.4, 0.5) is 0 Å². The molecule has 0 aliphatic heterocycles. The van der Waals surface area contributed by atoms with Gasteiger partial charge in [0.15, 0.2) is 6.61 Å². The Bertz CT molecular complexity index is 738. The largest absolute Gasteiger partial charge is 0.452 e. The zero-order valence-electron chi connectivity index (χ0n) is 15.5. The molecular formula is C21H25NO4. The average Bonchev–Trinajstić information content (AvgIpc) is 2.64. The zero-order valence-corrected chi connectivity index (χ0v) is 15.5. The molecule has 138 valence electrons. The van der Waals surface area contributed by atoms with Crippen molar-refractivity contribution in [1.29, 1.82) is 0 Å². The predicted molar refractivity (Wildman–Crippen MR) is 99.7 cm³/mol. The van der Waals surface area contributed by atoms with E-state index in [9.17, 15) is 9.59 Å². The maximum absolute atomic E-state index is 12.0. The zero-order chi connectivity index (χ0) is 18.9. The number of esters is 1. The van der Waals surface area contributed by atoms with Gasteiger partial charge in [-0.3, -0.25) is 4.79 Å². The standard InChI is InChI=1S/C21H25NO4/c1-15(2)25-13-17-8-10-18(11-9-17)21(24)26-14-20(23)22-12-19-7-5-4-6-16(19)3/h4-11,15H,12-14H2,1-3H3,(H,22,23). The van der Waals surface area contributed by atoms with Gasteiger partial charge in [0.25, 0.3) is 5.91 Å². The molecule has 0 heterocycles. The van der Waals surface area contributed by atoms with Crippen molar-refractivity contribution in [1.82, 2.24) is 5.32 Å². The molecule has 0 atom stereocenters. The minimum atomic E-state index is -0.521. The molecule has 1 amide bonds. The fraction of sp³-hybridized carbons (Fsp3) is 0.333. The van der Waals surface area contributed by atoms with Gasteiger partial charge in [0.1, 0.15) is 0 Å². The molecule has 5 heteroatoms. The lowest BCUT2D eigenvalue weighted by Crippen LogP contribution is -2.28. The second-order valence-corrected chi connectivity index (χ2v) is 6.34. The predicted octanol–water partition coefficient (Wildman–Crippen LogP) is 3.39. The van der Waals surface area contributed by atoms with Gasteiger partial charge in [-0.2, -0.15) is 0 Å². The van der Waals surface area contributed by atoms with Crippen LogP contribution in [-0.2, 0) is 27.4 Å². The van der Waals surface area contributed by atoms with Gasteiger partial charge in [-0.15, -0.1) is 0 Å². The highest BCUT2D eigenvalue weighted by molar-refractivity contribution is 5.91. The van der Waals surface area contributed by atoms with Crippen LogP contribution in [0, 0.1) is 6.92 Å². The summed E-state index contributed by atoms with van der Waals surface area (Å²) in [6.07, 6.45) is 0.151. The highest BCUT2D eigenvalue weighted by atomic mass is 16.5. The number of benzene rings is 2. The molecule has 0 aliphatic carbocycles. The van der Waals surface area contributed by atoms with Crippen LogP contribution in [0.5, 0.6) is 0 Å². The fourth-order valence-corrected chi connectivity index (χ4v) is 2.27. The van der Waals surface area contributed by atoms with E-state index in [0.717, 1.165) is 16.7 Å². The molecule has 2 aromatic rings. The third-order valence-corrected chi connectivity index (χ3v) is 3.84. The Hall–Kier alpha value is -2.66. The van der Waals surface area contributed by atoms with Gasteiger partial charge in [-0.05, 0) is 49.6 Å². The van der Waals surface area contributed by atoms with Gasteiger partial charge >= 0.3 is 5.97 Å². The number of carbonyl (C=O) groups excluding carboxylic acids is 2. The summed E-state index contributed by atoms with van der Waals surface area (Å²) < 4.78 is 10.6. The Morgan fingerprint density at radius 2 is 1.73 bits per heavy atom. The number of hydrogen-bond acceptors (Lipinski definition) is 4. The Balaban J connectivity index is 1.77. The van der Waals surface area contributed by atoms with E-state index in [1.807, 2.05) is 57.2 Å². The molecule has 0 spiro atoms. The van der Waals surface area contributed by atoms with Crippen LogP contribution in [0.15, 0.2) is 48.5 Å². The molecule has 1 N–H and O–H groups in total. The van der Waals surface area contributed by atoms with Gasteiger partial charge in [0.2, 0.25) is 0 Å². The first-order chi connectivity index (χ1) is 12.5. The topological polar surface area (TPSA) is 64.6 Å². The number of hydrogen-bond donors (Lipinski definition) is 1. The normalized spacial score (nSPS) is 10.6. The lowest BCUT2D eigenvalue weighted by atomic mass is 10.1. The molecule has 0 bridgehead atoms. The third-order valence-electron chi connectivity index (χ3n) is 3.84. The van der Waals surface area contributed by atoms with Crippen LogP contribution < -0.4 is 5.32 Å². The molecule has 0 radical (unpaired) electrons. The maximum atomic E-state index is 12.0. The van der Waals surface area contributed by atoms with Gasteiger partial charge in [-0.25, -0.2) is 4.79 Å². The second kappa shape index (κ2) is 9.73. The molecule has 2 rings (SSSR count). The van der Waals surface area contributed by atoms with E-state index in [2.05, 4.69) is 5.32 Å². The number of aryl methyl sites for hydroxylation is 1. The lowest BCUT2D eigenvalue weighted by Gasteiger charge is -2.09. The van der Waals surface area contributed by atoms with Gasteiger partial charge in [0, 0.05) is 6.54 Å². The quantitative estimate of drug-likeness (QED) is 0.737. The summed E-state index contributed by atoms with van der Waals surface area (Å²) in [6, 6.07) is 14.8. The number of carbonyl (C=O) groups is 2. The van der Waals surface area contributed by atoms with Crippen LogP contribution in [0.25, 0.3) is 0 Å². The monoisotopic (exact) mass is 355 g/mol. The van der Waals surface area contributed by atoms with Gasteiger partial charge < -0.3 is 14.8 Å². The third kappa shape index (κ3) is 6.33. The maximum Gasteiger partial charge on any atom is 0.338 e. The SMILES string of the molecule is Cc1ccccc1CNC(=O)COC(=O)c1ccc(COC(C)C)cc1. The van der Waals surface area contributed by atoms with Gasteiger partial charge in [-0.1, -0.05) is 36.4 Å². The van der Waals surface area contributed by atoms with E-state index in [1.54, 1.807) is 12.1 Å². The highest BCUT2D eigenvalue weighted by Gasteiger charge is 2.10. The summed E-state index contributed by atoms with van der Waals surface area (Å²) in [4.78, 5) is 23.9. The smallest absolute Gasteiger partial charge is 0.338 e. The summed E-state index contributed by atoms with van der Waals surface area (Å²) in [6.45, 7) is 6.52. The van der Waals surface area contributed by atoms with E-state index in [0.29, 0.717) is 18.7 Å². The van der Waals surface area contributed by atoms with Crippen molar-refractivity contribution in [3.8, 4) is 0 Å². The van der Waals surface area contributed by atoms with E-state index in [1.165, 1.54) is 0 Å². The Labute approximate surface area is 154 Å². The fourth-order valence-electron chi connectivity index (χ4n) is 2.27. The first kappa shape index (κ1) is 19.7. The molecule has 0 aliphatic rings. The summed E-state index contributed by atoms with van der Waals surface area (Å²) in [5.41, 5.74) is 3.52. The number of nitrogens with one attached hydrogen (secondary N) is 1. The van der Waals surface area contributed by atoms with Crippen LogP contribution in [0.1, 0.15) is 40.9 Å². The van der Waals surface area contributed by atoms with E-state index >= 15 is 0 Å². The summed E-state index contributed by atoms with van der Waals surface area (Å²) in [7, 11) is 0. The Morgan fingerprint density at radius 3 is 2.38 bits per heavy atom. The number of rotatable bonds is 8. The summed E-state index contributed by atoms with van der Waals surface area (Å²) in [5.74, 6) is -0.851. The molecule has 26 heavy (non-hydrogen) atoms. The van der Waals surface area contributed by atoms with Crippen LogP contribution >= 0.6 is 0 Å². The van der Waals surface area contributed by atoms with Crippen molar-refractivity contribution < 1.29 is 19.1 Å². The van der Waals surface area contributed by atoms with Crippen LogP contribution in [-0.4, -0.2) is 24.6 Å². The molecular weight excluding hydrogens is 330 g/mol. The minimum absolute atomic E-state index is 0.151. The molecule has 5 nitrogen and oxygen atoms in total. The average molecular weight is 355 g/mol. The van der Waals surface area contributed by atoms with Crippen molar-refractivity contribution in [2.24, 2.45) is 0 Å². The van der Waals surface area contributed by atoms with Crippen molar-refractivity contribution >= 4 is 11.9 Å². The molecule has 0 saturated heterocycles. The number of ether oxygens (including phenoxy) is 2. The van der Waals surface area contributed by atoms with E-state index in [-0.39, 0.29) is 18.6 Å². The van der Waals surface area contributed by atoms with Crippen LogP contribution in [0.3, 0.4) is 0 Å². The van der Waals surface area contributed by atoms with E-state index < -0.39 is 5.97 Å². The second-order valence-electron chi connectivity index (χ2n) is 6.34. The molecule has 0 unspecified atom stereocenters. The van der Waals surface area contributed by atoms with Crippen molar-refractivity contribution in [3.05, 3.63) is 70.8 Å². The molecule has 0 aromatic heterocycles. The first-order valence-electron chi connectivity index (χ1n) is 8.64. The van der Waals surface area contributed by atoms with E-state index in [4.69, 9.17) is 9.47 Å². The molecule has 0 fully saturated rings. The first-order valence-corrected chi connectivity index (χ1v) is 8.64. The van der Waals surface area contributed by atoms with Gasteiger partial charge in [0.05, 0.1) is 18.3 Å². The van der Waals surface area contributed by atoms with Crippen molar-refractivity contribution in [3.63, 3.8) is 0 Å². The lowest BCUT2D eigenvalue weighted by molar-refractivity contribution is -0.124. The van der Waals surface area contributed by atoms with Crippen molar-refractivity contribution in [2.75, 3.05) is 6.61 Å².